The average Bonchev–Trinajstić information content (AvgIpc) is 3.26. The van der Waals surface area contributed by atoms with Crippen LogP contribution in [-0.4, -0.2) is 48.1 Å². The molecule has 0 radical (unpaired) electrons. The highest BCUT2D eigenvalue weighted by molar-refractivity contribution is 5.93. The van der Waals surface area contributed by atoms with Gasteiger partial charge in [-0.3, -0.25) is 4.68 Å². The zero-order valence-electron chi connectivity index (χ0n) is 17.0. The van der Waals surface area contributed by atoms with E-state index < -0.39 is 6.09 Å². The molecule has 10 heteroatoms. The quantitative estimate of drug-likeness (QED) is 0.464. The van der Waals surface area contributed by atoms with Gasteiger partial charge in [0, 0.05) is 24.7 Å². The number of aliphatic hydroxyl groups excluding tert-OH is 1. The summed E-state index contributed by atoms with van der Waals surface area (Å²) in [4.78, 5) is 24.2. The Bertz CT molecular complexity index is 1290. The lowest BCUT2D eigenvalue weighted by Gasteiger charge is -2.35. The Balaban J connectivity index is 1.42. The summed E-state index contributed by atoms with van der Waals surface area (Å²) in [5, 5.41) is 17.4. The lowest BCUT2D eigenvalue weighted by molar-refractivity contribution is 0.0281. The zero-order valence-corrected chi connectivity index (χ0v) is 17.0. The fraction of sp³-hybridized carbons (Fsp3) is 0.333. The Morgan fingerprint density at radius 2 is 2.23 bits per heavy atom. The molecule has 1 amide bonds. The molecular formula is C21H21FN6O3. The van der Waals surface area contributed by atoms with Crippen LogP contribution < -0.4 is 10.1 Å². The van der Waals surface area contributed by atoms with Crippen molar-refractivity contribution in [1.29, 1.82) is 0 Å². The molecule has 3 aromatic heterocycles. The van der Waals surface area contributed by atoms with Crippen LogP contribution in [0.4, 0.5) is 9.18 Å². The van der Waals surface area contributed by atoms with Crippen molar-refractivity contribution in [1.82, 2.24) is 30.0 Å². The number of aryl methyl sites for hydroxylation is 1. The van der Waals surface area contributed by atoms with E-state index in [1.807, 2.05) is 6.92 Å². The van der Waals surface area contributed by atoms with Crippen LogP contribution in [0.25, 0.3) is 33.5 Å². The number of aromatic nitrogens is 5. The number of aliphatic hydroxyl groups is 1. The number of fused-ring (bicyclic) bond motifs is 2. The van der Waals surface area contributed by atoms with Crippen LogP contribution in [-0.2, 0) is 7.05 Å². The van der Waals surface area contributed by atoms with E-state index in [1.54, 1.807) is 24.0 Å². The highest BCUT2D eigenvalue weighted by Gasteiger charge is 2.32. The molecule has 160 valence electrons. The molecule has 3 heterocycles. The topological polar surface area (TPSA) is 118 Å². The Hall–Kier alpha value is -3.53. The third kappa shape index (κ3) is 3.48. The van der Waals surface area contributed by atoms with E-state index in [2.05, 4.69) is 25.4 Å². The number of carbonyl (C=O) groups excluding carboxylic acids is 1. The number of ether oxygens (including phenoxy) is 1. The number of halogens is 1. The fourth-order valence-corrected chi connectivity index (χ4v) is 3.95. The van der Waals surface area contributed by atoms with Gasteiger partial charge in [-0.1, -0.05) is 0 Å². The molecule has 9 nitrogen and oxygen atoms in total. The van der Waals surface area contributed by atoms with Gasteiger partial charge in [-0.25, -0.2) is 19.2 Å². The van der Waals surface area contributed by atoms with E-state index in [-0.39, 0.29) is 29.6 Å². The van der Waals surface area contributed by atoms with E-state index in [0.29, 0.717) is 40.9 Å². The molecule has 1 aliphatic rings. The van der Waals surface area contributed by atoms with Crippen molar-refractivity contribution in [3.63, 3.8) is 0 Å². The molecule has 31 heavy (non-hydrogen) atoms. The van der Waals surface area contributed by atoms with Crippen LogP contribution in [0.1, 0.15) is 19.8 Å². The number of nitrogens with one attached hydrogen (secondary N) is 2. The molecule has 1 unspecified atom stereocenters. The number of H-pyrrole nitrogens is 1. The predicted octanol–water partition coefficient (Wildman–Crippen LogP) is 2.90. The van der Waals surface area contributed by atoms with E-state index >= 15 is 0 Å². The first-order valence-corrected chi connectivity index (χ1v) is 10.0. The minimum atomic E-state index is -0.597. The maximum atomic E-state index is 13.6. The molecule has 1 saturated carbocycles. The summed E-state index contributed by atoms with van der Waals surface area (Å²) in [6, 6.07) is 4.33. The van der Waals surface area contributed by atoms with Gasteiger partial charge >= 0.3 is 6.09 Å². The number of hydrogen-bond acceptors (Lipinski definition) is 6. The van der Waals surface area contributed by atoms with E-state index in [0.717, 1.165) is 5.39 Å². The highest BCUT2D eigenvalue weighted by Crippen LogP contribution is 2.31. The van der Waals surface area contributed by atoms with Crippen molar-refractivity contribution in [3.05, 3.63) is 36.4 Å². The maximum absolute atomic E-state index is 13.6. The van der Waals surface area contributed by atoms with Crippen molar-refractivity contribution in [2.75, 3.05) is 0 Å². The molecule has 0 aliphatic heterocycles. The highest BCUT2D eigenvalue weighted by atomic mass is 19.1. The minimum Gasteiger partial charge on any atom is -0.406 e. The van der Waals surface area contributed by atoms with E-state index in [1.165, 1.54) is 18.3 Å². The summed E-state index contributed by atoms with van der Waals surface area (Å²) in [6.45, 7) is 1.89. The summed E-state index contributed by atoms with van der Waals surface area (Å²) >= 11 is 0. The van der Waals surface area contributed by atoms with Gasteiger partial charge in [0.2, 0.25) is 0 Å². The number of aromatic amines is 1. The third-order valence-electron chi connectivity index (χ3n) is 5.81. The van der Waals surface area contributed by atoms with Crippen LogP contribution >= 0.6 is 0 Å². The Morgan fingerprint density at radius 1 is 1.42 bits per heavy atom. The molecule has 1 fully saturated rings. The van der Waals surface area contributed by atoms with Gasteiger partial charge in [0.25, 0.3) is 0 Å². The summed E-state index contributed by atoms with van der Waals surface area (Å²) < 4.78 is 20.7. The monoisotopic (exact) mass is 424 g/mol. The smallest absolute Gasteiger partial charge is 0.406 e. The standard InChI is InChI=1S/C21H21FN6O3/c1-10(11-5-13(29)6-11)25-21(30)31-17-9-24-20-19(17)26-15(8-23-20)18-14-4-3-12(22)7-16(14)28(2)27-18/h3-4,7-11,13,29H,5-6H2,1-2H3,(H,23,24)(H,25,30)/t10?,11-,13+. The summed E-state index contributed by atoms with van der Waals surface area (Å²) in [7, 11) is 1.73. The van der Waals surface area contributed by atoms with Crippen molar-refractivity contribution >= 4 is 28.2 Å². The number of carbonyl (C=O) groups is 1. The lowest BCUT2D eigenvalue weighted by atomic mass is 9.78. The van der Waals surface area contributed by atoms with Crippen LogP contribution in [0.2, 0.25) is 0 Å². The molecule has 1 atom stereocenters. The second kappa shape index (κ2) is 7.31. The van der Waals surface area contributed by atoms with Gasteiger partial charge in [0.1, 0.15) is 17.2 Å². The molecule has 0 spiro atoms. The Kier molecular flexibility index (Phi) is 4.58. The van der Waals surface area contributed by atoms with Crippen molar-refractivity contribution in [2.24, 2.45) is 13.0 Å². The van der Waals surface area contributed by atoms with Crippen molar-refractivity contribution in [3.8, 4) is 17.1 Å². The van der Waals surface area contributed by atoms with Crippen molar-refractivity contribution < 1.29 is 19.0 Å². The fourth-order valence-electron chi connectivity index (χ4n) is 3.95. The average molecular weight is 424 g/mol. The van der Waals surface area contributed by atoms with Gasteiger partial charge < -0.3 is 20.1 Å². The molecule has 1 aromatic carbocycles. The van der Waals surface area contributed by atoms with Crippen molar-refractivity contribution in [2.45, 2.75) is 31.9 Å². The van der Waals surface area contributed by atoms with Gasteiger partial charge in [-0.2, -0.15) is 5.10 Å². The van der Waals surface area contributed by atoms with E-state index in [9.17, 15) is 14.3 Å². The first-order chi connectivity index (χ1) is 14.9. The molecular weight excluding hydrogens is 403 g/mol. The molecule has 1 aliphatic carbocycles. The Labute approximate surface area is 176 Å². The number of rotatable bonds is 4. The number of amides is 1. The SMILES string of the molecule is CC(NC(=O)Oc1c[nH]c2ncc(-c3nn(C)c4cc(F)ccc34)nc12)[C@H]1C[C@@H](O)C1. The molecule has 4 aromatic rings. The second-order valence-corrected chi connectivity index (χ2v) is 7.95. The summed E-state index contributed by atoms with van der Waals surface area (Å²) in [5.74, 6) is 0.134. The van der Waals surface area contributed by atoms with Gasteiger partial charge in [0.15, 0.2) is 16.9 Å². The van der Waals surface area contributed by atoms with Crippen LogP contribution in [0.15, 0.2) is 30.6 Å². The zero-order chi connectivity index (χ0) is 21.7. The molecule has 0 saturated heterocycles. The largest absolute Gasteiger partial charge is 0.412 e. The minimum absolute atomic E-state index is 0.108. The molecule has 3 N–H and O–H groups in total. The maximum Gasteiger partial charge on any atom is 0.412 e. The molecule has 0 bridgehead atoms. The van der Waals surface area contributed by atoms with Crippen LogP contribution in [0.5, 0.6) is 5.75 Å². The third-order valence-corrected chi connectivity index (χ3v) is 5.81. The first-order valence-electron chi connectivity index (χ1n) is 10.0. The van der Waals surface area contributed by atoms with Crippen LogP contribution in [0, 0.1) is 11.7 Å². The number of hydrogen-bond donors (Lipinski definition) is 3. The molecule has 5 rings (SSSR count). The van der Waals surface area contributed by atoms with Gasteiger partial charge in [-0.15, -0.1) is 0 Å². The second-order valence-electron chi connectivity index (χ2n) is 7.95. The van der Waals surface area contributed by atoms with E-state index in [4.69, 9.17) is 4.74 Å². The summed E-state index contributed by atoms with van der Waals surface area (Å²) in [5.41, 5.74) is 2.53. The van der Waals surface area contributed by atoms with Crippen LogP contribution in [0.3, 0.4) is 0 Å². The first kappa shape index (κ1) is 19.4. The number of nitrogens with zero attached hydrogens (tertiary/aromatic N) is 4. The van der Waals surface area contributed by atoms with Gasteiger partial charge in [-0.05, 0) is 43.9 Å². The summed E-state index contributed by atoms with van der Waals surface area (Å²) in [6.07, 6.45) is 3.55. The van der Waals surface area contributed by atoms with Gasteiger partial charge in [0.05, 0.1) is 17.8 Å². The lowest BCUT2D eigenvalue weighted by Crippen LogP contribution is -2.46. The predicted molar refractivity (Wildman–Crippen MR) is 111 cm³/mol. The normalized spacial score (nSPS) is 19.4. The Morgan fingerprint density at radius 3 is 3.00 bits per heavy atom. The number of benzene rings is 1.